The summed E-state index contributed by atoms with van der Waals surface area (Å²) in [5, 5.41) is 11.9. The molecule has 0 radical (unpaired) electrons. The minimum Gasteiger partial charge on any atom is -0.480 e. The predicted octanol–water partition coefficient (Wildman–Crippen LogP) is 3.08. The number of ether oxygens (including phenoxy) is 1. The molecule has 24 heavy (non-hydrogen) atoms. The SMILES string of the molecule is Cc1cc(C)c(C(=O)O)cc1NC(=O)C1Cc2cc(F)ccc2O1. The van der Waals surface area contributed by atoms with Crippen molar-refractivity contribution in [1.29, 1.82) is 0 Å². The molecule has 0 spiro atoms. The Morgan fingerprint density at radius 2 is 1.96 bits per heavy atom. The zero-order valence-corrected chi connectivity index (χ0v) is 13.2. The number of benzene rings is 2. The second-order valence-electron chi connectivity index (χ2n) is 5.84. The van der Waals surface area contributed by atoms with E-state index in [-0.39, 0.29) is 17.8 Å². The maximum Gasteiger partial charge on any atom is 0.336 e. The summed E-state index contributed by atoms with van der Waals surface area (Å²) in [7, 11) is 0. The highest BCUT2D eigenvalue weighted by Gasteiger charge is 2.29. The fourth-order valence-corrected chi connectivity index (χ4v) is 2.79. The van der Waals surface area contributed by atoms with E-state index in [0.29, 0.717) is 22.6 Å². The molecular formula is C18H16FNO4. The van der Waals surface area contributed by atoms with E-state index in [0.717, 1.165) is 5.56 Å². The molecule has 3 rings (SSSR count). The molecule has 0 saturated heterocycles. The average molecular weight is 329 g/mol. The third-order valence-corrected chi connectivity index (χ3v) is 4.05. The Hall–Kier alpha value is -2.89. The van der Waals surface area contributed by atoms with E-state index in [1.165, 1.54) is 24.3 Å². The van der Waals surface area contributed by atoms with Gasteiger partial charge in [-0.1, -0.05) is 6.07 Å². The number of fused-ring (bicyclic) bond motifs is 1. The second-order valence-corrected chi connectivity index (χ2v) is 5.84. The molecule has 0 bridgehead atoms. The number of aryl methyl sites for hydroxylation is 2. The number of nitrogens with one attached hydrogen (secondary N) is 1. The van der Waals surface area contributed by atoms with E-state index in [4.69, 9.17) is 4.74 Å². The molecule has 5 nitrogen and oxygen atoms in total. The zero-order chi connectivity index (χ0) is 17.4. The second kappa shape index (κ2) is 5.96. The fourth-order valence-electron chi connectivity index (χ4n) is 2.79. The molecule has 1 aliphatic rings. The van der Waals surface area contributed by atoms with Gasteiger partial charge in [0.25, 0.3) is 5.91 Å². The molecule has 1 aliphatic heterocycles. The minimum absolute atomic E-state index is 0.133. The largest absolute Gasteiger partial charge is 0.480 e. The van der Waals surface area contributed by atoms with Crippen LogP contribution in [0.5, 0.6) is 5.75 Å². The number of carboxylic acids is 1. The van der Waals surface area contributed by atoms with Gasteiger partial charge in [-0.05, 0) is 49.2 Å². The van der Waals surface area contributed by atoms with Crippen LogP contribution in [0.25, 0.3) is 0 Å². The van der Waals surface area contributed by atoms with Crippen molar-refractivity contribution < 1.29 is 23.8 Å². The molecule has 6 heteroatoms. The topological polar surface area (TPSA) is 75.6 Å². The lowest BCUT2D eigenvalue weighted by Crippen LogP contribution is -2.31. The summed E-state index contributed by atoms with van der Waals surface area (Å²) in [5.41, 5.74) is 2.58. The zero-order valence-electron chi connectivity index (χ0n) is 13.2. The first-order valence-electron chi connectivity index (χ1n) is 7.45. The average Bonchev–Trinajstić information content (AvgIpc) is 2.92. The minimum atomic E-state index is -1.05. The molecule has 1 heterocycles. The molecule has 0 saturated carbocycles. The first-order chi connectivity index (χ1) is 11.3. The molecule has 1 amide bonds. The number of hydrogen-bond donors (Lipinski definition) is 2. The number of amides is 1. The molecule has 2 N–H and O–H groups in total. The summed E-state index contributed by atoms with van der Waals surface area (Å²) in [6.07, 6.45) is -0.494. The Morgan fingerprint density at radius 1 is 1.21 bits per heavy atom. The highest BCUT2D eigenvalue weighted by molar-refractivity contribution is 5.98. The number of hydrogen-bond acceptors (Lipinski definition) is 3. The maximum atomic E-state index is 13.2. The predicted molar refractivity (Wildman–Crippen MR) is 86.0 cm³/mol. The lowest BCUT2D eigenvalue weighted by Gasteiger charge is -2.14. The quantitative estimate of drug-likeness (QED) is 0.907. The molecule has 1 atom stereocenters. The van der Waals surface area contributed by atoms with Crippen molar-refractivity contribution in [2.75, 3.05) is 5.32 Å². The summed E-state index contributed by atoms with van der Waals surface area (Å²) < 4.78 is 18.8. The van der Waals surface area contributed by atoms with Gasteiger partial charge in [0.05, 0.1) is 5.56 Å². The van der Waals surface area contributed by atoms with Crippen molar-refractivity contribution in [1.82, 2.24) is 0 Å². The first-order valence-corrected chi connectivity index (χ1v) is 7.45. The van der Waals surface area contributed by atoms with E-state index < -0.39 is 18.0 Å². The van der Waals surface area contributed by atoms with Gasteiger partial charge in [0.2, 0.25) is 0 Å². The summed E-state index contributed by atoms with van der Waals surface area (Å²) in [4.78, 5) is 23.6. The highest BCUT2D eigenvalue weighted by atomic mass is 19.1. The number of carbonyl (C=O) groups is 2. The molecular weight excluding hydrogens is 313 g/mol. The van der Waals surface area contributed by atoms with Crippen LogP contribution in [0.3, 0.4) is 0 Å². The molecule has 1 unspecified atom stereocenters. The van der Waals surface area contributed by atoms with Crippen LogP contribution in [-0.4, -0.2) is 23.1 Å². The van der Waals surface area contributed by atoms with E-state index in [2.05, 4.69) is 5.32 Å². The highest BCUT2D eigenvalue weighted by Crippen LogP contribution is 2.30. The molecule has 124 valence electrons. The molecule has 2 aromatic rings. The van der Waals surface area contributed by atoms with E-state index in [1.807, 2.05) is 0 Å². The fraction of sp³-hybridized carbons (Fsp3) is 0.222. The maximum absolute atomic E-state index is 13.2. The van der Waals surface area contributed by atoms with Gasteiger partial charge in [-0.2, -0.15) is 0 Å². The first kappa shape index (κ1) is 16.0. The van der Waals surface area contributed by atoms with Crippen molar-refractivity contribution in [2.24, 2.45) is 0 Å². The Labute approximate surface area is 138 Å². The number of halogens is 1. The van der Waals surface area contributed by atoms with Gasteiger partial charge in [-0.15, -0.1) is 0 Å². The van der Waals surface area contributed by atoms with Crippen LogP contribution in [0.4, 0.5) is 10.1 Å². The molecule has 0 fully saturated rings. The van der Waals surface area contributed by atoms with Crippen LogP contribution < -0.4 is 10.1 Å². The third-order valence-electron chi connectivity index (χ3n) is 4.05. The number of carbonyl (C=O) groups excluding carboxylic acids is 1. The van der Waals surface area contributed by atoms with Crippen LogP contribution in [0.1, 0.15) is 27.0 Å². The van der Waals surface area contributed by atoms with Crippen LogP contribution in [0.15, 0.2) is 30.3 Å². The molecule has 2 aromatic carbocycles. The molecule has 0 aromatic heterocycles. The normalized spacial score (nSPS) is 15.5. The van der Waals surface area contributed by atoms with Crippen molar-refractivity contribution in [3.05, 3.63) is 58.4 Å². The summed E-state index contributed by atoms with van der Waals surface area (Å²) in [5.74, 6) is -1.33. The number of anilines is 1. The number of aromatic carboxylic acids is 1. The monoisotopic (exact) mass is 329 g/mol. The Balaban J connectivity index is 1.79. The summed E-state index contributed by atoms with van der Waals surface area (Å²) in [6, 6.07) is 7.27. The number of rotatable bonds is 3. The van der Waals surface area contributed by atoms with E-state index in [9.17, 15) is 19.1 Å². The lowest BCUT2D eigenvalue weighted by molar-refractivity contribution is -0.122. The standard InChI is InChI=1S/C18H16FNO4/c1-9-5-10(2)14(8-13(9)18(22)23)20-17(21)16-7-11-6-12(19)3-4-15(11)24-16/h3-6,8,16H,7H2,1-2H3,(H,20,21)(H,22,23). The van der Waals surface area contributed by atoms with Gasteiger partial charge in [0.15, 0.2) is 6.10 Å². The smallest absolute Gasteiger partial charge is 0.336 e. The van der Waals surface area contributed by atoms with Gasteiger partial charge in [-0.3, -0.25) is 4.79 Å². The van der Waals surface area contributed by atoms with Crippen LogP contribution in [-0.2, 0) is 11.2 Å². The van der Waals surface area contributed by atoms with Gasteiger partial charge >= 0.3 is 5.97 Å². The van der Waals surface area contributed by atoms with E-state index >= 15 is 0 Å². The van der Waals surface area contributed by atoms with Crippen LogP contribution >= 0.6 is 0 Å². The van der Waals surface area contributed by atoms with Gasteiger partial charge in [0.1, 0.15) is 11.6 Å². The van der Waals surface area contributed by atoms with Crippen molar-refractivity contribution in [3.8, 4) is 5.75 Å². The van der Waals surface area contributed by atoms with Crippen LogP contribution in [0.2, 0.25) is 0 Å². The Kier molecular flexibility index (Phi) is 3.97. The number of carboxylic acid groups (broad SMARTS) is 1. The van der Waals surface area contributed by atoms with Gasteiger partial charge in [-0.25, -0.2) is 9.18 Å². The summed E-state index contributed by atoms with van der Waals surface area (Å²) in [6.45, 7) is 3.49. The van der Waals surface area contributed by atoms with Crippen LogP contribution in [0, 0.1) is 19.7 Å². The molecule has 0 aliphatic carbocycles. The Bertz CT molecular complexity index is 847. The third kappa shape index (κ3) is 2.95. The van der Waals surface area contributed by atoms with Crippen molar-refractivity contribution in [3.63, 3.8) is 0 Å². The van der Waals surface area contributed by atoms with Crippen molar-refractivity contribution in [2.45, 2.75) is 26.4 Å². The Morgan fingerprint density at radius 3 is 2.67 bits per heavy atom. The summed E-state index contributed by atoms with van der Waals surface area (Å²) >= 11 is 0. The van der Waals surface area contributed by atoms with E-state index in [1.54, 1.807) is 19.9 Å². The van der Waals surface area contributed by atoms with Gasteiger partial charge in [0, 0.05) is 17.7 Å². The lowest BCUT2D eigenvalue weighted by atomic mass is 10.0. The van der Waals surface area contributed by atoms with Gasteiger partial charge < -0.3 is 15.2 Å². The van der Waals surface area contributed by atoms with Crippen molar-refractivity contribution >= 4 is 17.6 Å².